The molecule has 1 aromatic carbocycles. The Hall–Kier alpha value is -0.860. The second-order valence-corrected chi connectivity index (χ2v) is 4.09. The van der Waals surface area contributed by atoms with Crippen molar-refractivity contribution in [2.45, 2.75) is 32.0 Å². The minimum atomic E-state index is -0.500. The Balaban J connectivity index is 2.31. The molecule has 2 N–H and O–H groups in total. The zero-order valence-corrected chi connectivity index (χ0v) is 8.35. The predicted octanol–water partition coefficient (Wildman–Crippen LogP) is 1.66. The number of rotatable bonds is 1. The third kappa shape index (κ3) is 1.56. The van der Waals surface area contributed by atoms with Crippen molar-refractivity contribution in [2.75, 3.05) is 0 Å². The van der Waals surface area contributed by atoms with Crippen LogP contribution < -0.4 is 0 Å². The van der Waals surface area contributed by atoms with Gasteiger partial charge in [0, 0.05) is 5.92 Å². The van der Waals surface area contributed by atoms with E-state index in [1.54, 1.807) is 6.92 Å². The Morgan fingerprint density at radius 3 is 2.79 bits per heavy atom. The molecule has 2 rings (SSSR count). The monoisotopic (exact) mass is 192 g/mol. The van der Waals surface area contributed by atoms with Crippen LogP contribution in [0, 0.1) is 5.92 Å². The maximum atomic E-state index is 10.0. The molecule has 76 valence electrons. The van der Waals surface area contributed by atoms with Crippen LogP contribution in [0.5, 0.6) is 0 Å². The quantitative estimate of drug-likeness (QED) is 0.710. The van der Waals surface area contributed by atoms with Crippen molar-refractivity contribution in [2.24, 2.45) is 5.92 Å². The van der Waals surface area contributed by atoms with Crippen molar-refractivity contribution in [1.82, 2.24) is 0 Å². The van der Waals surface area contributed by atoms with E-state index in [-0.39, 0.29) is 5.92 Å². The largest absolute Gasteiger partial charge is 0.393 e. The van der Waals surface area contributed by atoms with E-state index in [2.05, 4.69) is 6.07 Å². The van der Waals surface area contributed by atoms with Crippen LogP contribution in [0.3, 0.4) is 0 Å². The molecule has 3 unspecified atom stereocenters. The first-order valence-corrected chi connectivity index (χ1v) is 5.14. The average molecular weight is 192 g/mol. The van der Waals surface area contributed by atoms with Gasteiger partial charge in [-0.1, -0.05) is 24.3 Å². The smallest absolute Gasteiger partial charge is 0.0845 e. The van der Waals surface area contributed by atoms with Gasteiger partial charge < -0.3 is 10.2 Å². The van der Waals surface area contributed by atoms with Gasteiger partial charge in [-0.2, -0.15) is 0 Å². The molecule has 0 fully saturated rings. The van der Waals surface area contributed by atoms with Crippen molar-refractivity contribution in [3.8, 4) is 0 Å². The average Bonchev–Trinajstić information content (AvgIpc) is 2.18. The van der Waals surface area contributed by atoms with Gasteiger partial charge in [0.1, 0.15) is 0 Å². The van der Waals surface area contributed by atoms with Crippen LogP contribution >= 0.6 is 0 Å². The highest BCUT2D eigenvalue weighted by atomic mass is 16.3. The lowest BCUT2D eigenvalue weighted by Crippen LogP contribution is -2.28. The van der Waals surface area contributed by atoms with Gasteiger partial charge >= 0.3 is 0 Å². The summed E-state index contributed by atoms with van der Waals surface area (Å²) in [4.78, 5) is 0. The molecule has 0 heterocycles. The number of fused-ring (bicyclic) bond motifs is 1. The molecule has 0 bridgehead atoms. The molecule has 0 radical (unpaired) electrons. The lowest BCUT2D eigenvalue weighted by Gasteiger charge is -2.31. The predicted molar refractivity (Wildman–Crippen MR) is 54.9 cm³/mol. The van der Waals surface area contributed by atoms with Crippen LogP contribution in [0.15, 0.2) is 24.3 Å². The minimum Gasteiger partial charge on any atom is -0.393 e. The summed E-state index contributed by atoms with van der Waals surface area (Å²) in [6.07, 6.45) is 0.900. The summed E-state index contributed by atoms with van der Waals surface area (Å²) in [5, 5.41) is 19.5. The van der Waals surface area contributed by atoms with Crippen LogP contribution in [-0.2, 0) is 6.42 Å². The number of hydrogen-bond acceptors (Lipinski definition) is 2. The summed E-state index contributed by atoms with van der Waals surface area (Å²) >= 11 is 0. The van der Waals surface area contributed by atoms with Gasteiger partial charge in [-0.3, -0.25) is 0 Å². The molecule has 2 nitrogen and oxygen atoms in total. The molecule has 0 saturated heterocycles. The van der Waals surface area contributed by atoms with Crippen LogP contribution in [0.2, 0.25) is 0 Å². The molecule has 2 heteroatoms. The fraction of sp³-hybridized carbons (Fsp3) is 0.500. The molecular weight excluding hydrogens is 176 g/mol. The van der Waals surface area contributed by atoms with Gasteiger partial charge in [0.05, 0.1) is 12.2 Å². The topological polar surface area (TPSA) is 40.5 Å². The Kier molecular flexibility index (Phi) is 2.57. The third-order valence-corrected chi connectivity index (χ3v) is 3.15. The van der Waals surface area contributed by atoms with E-state index >= 15 is 0 Å². The lowest BCUT2D eigenvalue weighted by molar-refractivity contribution is 0.00989. The first-order chi connectivity index (χ1) is 6.70. The van der Waals surface area contributed by atoms with E-state index in [1.165, 1.54) is 5.56 Å². The lowest BCUT2D eigenvalue weighted by atomic mass is 9.79. The fourth-order valence-corrected chi connectivity index (χ4v) is 2.27. The van der Waals surface area contributed by atoms with E-state index in [0.29, 0.717) is 0 Å². The van der Waals surface area contributed by atoms with Gasteiger partial charge in [0.15, 0.2) is 0 Å². The highest BCUT2D eigenvalue weighted by Gasteiger charge is 2.30. The molecule has 0 aromatic heterocycles. The summed E-state index contributed by atoms with van der Waals surface area (Å²) in [5.74, 6) is -0.00935. The van der Waals surface area contributed by atoms with E-state index in [4.69, 9.17) is 0 Å². The summed E-state index contributed by atoms with van der Waals surface area (Å²) in [5.41, 5.74) is 2.21. The molecular formula is C12H16O2. The molecule has 0 saturated carbocycles. The summed E-state index contributed by atoms with van der Waals surface area (Å²) < 4.78 is 0. The van der Waals surface area contributed by atoms with Crippen LogP contribution in [0.25, 0.3) is 0 Å². The van der Waals surface area contributed by atoms with Crippen molar-refractivity contribution in [1.29, 1.82) is 0 Å². The molecule has 1 aromatic rings. The Morgan fingerprint density at radius 2 is 2.07 bits per heavy atom. The zero-order valence-electron chi connectivity index (χ0n) is 8.35. The zero-order chi connectivity index (χ0) is 10.1. The third-order valence-electron chi connectivity index (χ3n) is 3.15. The number of hydrogen-bond donors (Lipinski definition) is 2. The maximum Gasteiger partial charge on any atom is 0.0845 e. The molecule has 14 heavy (non-hydrogen) atoms. The molecule has 0 spiro atoms. The first-order valence-electron chi connectivity index (χ1n) is 5.14. The Labute approximate surface area is 84.2 Å². The second-order valence-electron chi connectivity index (χ2n) is 4.09. The van der Waals surface area contributed by atoms with Crippen molar-refractivity contribution >= 4 is 0 Å². The first kappa shape index (κ1) is 9.69. The number of benzene rings is 1. The minimum absolute atomic E-state index is 0.00935. The van der Waals surface area contributed by atoms with E-state index in [9.17, 15) is 10.2 Å². The Morgan fingerprint density at radius 1 is 1.36 bits per heavy atom. The van der Waals surface area contributed by atoms with Crippen LogP contribution in [0.4, 0.5) is 0 Å². The Bertz CT molecular complexity index is 320. The number of aryl methyl sites for hydroxylation is 1. The normalized spacial score (nSPS) is 28.2. The highest BCUT2D eigenvalue weighted by Crippen LogP contribution is 2.35. The number of aliphatic hydroxyl groups is 2. The molecule has 3 atom stereocenters. The van der Waals surface area contributed by atoms with Crippen LogP contribution in [-0.4, -0.2) is 16.3 Å². The highest BCUT2D eigenvalue weighted by molar-refractivity contribution is 5.31. The van der Waals surface area contributed by atoms with Crippen molar-refractivity contribution in [3.05, 3.63) is 35.4 Å². The van der Waals surface area contributed by atoms with E-state index in [1.807, 2.05) is 18.2 Å². The van der Waals surface area contributed by atoms with E-state index < -0.39 is 12.2 Å². The molecule has 1 aliphatic rings. The van der Waals surface area contributed by atoms with Gasteiger partial charge in [-0.05, 0) is 30.9 Å². The standard InChI is InChI=1S/C12H16O2/c1-8(13)10-7-6-9-4-2-3-5-11(9)12(10)14/h2-5,8,10,12-14H,6-7H2,1H3. The second kappa shape index (κ2) is 3.71. The molecule has 0 aliphatic heterocycles. The van der Waals surface area contributed by atoms with Gasteiger partial charge in [-0.25, -0.2) is 0 Å². The van der Waals surface area contributed by atoms with Crippen molar-refractivity contribution in [3.63, 3.8) is 0 Å². The maximum absolute atomic E-state index is 10.0. The number of aliphatic hydroxyl groups excluding tert-OH is 2. The molecule has 1 aliphatic carbocycles. The summed E-state index contributed by atoms with van der Waals surface area (Å²) in [6.45, 7) is 1.75. The van der Waals surface area contributed by atoms with E-state index in [0.717, 1.165) is 18.4 Å². The SMILES string of the molecule is CC(O)C1CCc2ccccc2C1O. The van der Waals surface area contributed by atoms with Gasteiger partial charge in [0.2, 0.25) is 0 Å². The summed E-state index contributed by atoms with van der Waals surface area (Å²) in [7, 11) is 0. The fourth-order valence-electron chi connectivity index (χ4n) is 2.27. The van der Waals surface area contributed by atoms with Crippen LogP contribution in [0.1, 0.15) is 30.6 Å². The van der Waals surface area contributed by atoms with Crippen molar-refractivity contribution < 1.29 is 10.2 Å². The van der Waals surface area contributed by atoms with Gasteiger partial charge in [-0.15, -0.1) is 0 Å². The summed E-state index contributed by atoms with van der Waals surface area (Å²) in [6, 6.07) is 7.94. The van der Waals surface area contributed by atoms with Gasteiger partial charge in [0.25, 0.3) is 0 Å². The molecule has 0 amide bonds.